The topological polar surface area (TPSA) is 35.5 Å². The van der Waals surface area contributed by atoms with E-state index in [9.17, 15) is 0 Å². The van der Waals surface area contributed by atoms with Crippen LogP contribution < -0.4 is 5.32 Å². The van der Waals surface area contributed by atoms with Crippen LogP contribution in [0.25, 0.3) is 0 Å². The summed E-state index contributed by atoms with van der Waals surface area (Å²) in [5, 5.41) is 12.4. The van der Waals surface area contributed by atoms with Gasteiger partial charge in [-0.15, -0.1) is 0 Å². The van der Waals surface area contributed by atoms with E-state index in [0.717, 1.165) is 6.54 Å². The molecule has 0 amide bonds. The SMILES string of the molecule is CC(CO)NC1CCN(C)CC1C. The van der Waals surface area contributed by atoms with Crippen LogP contribution in [0.1, 0.15) is 20.3 Å². The first-order valence-electron chi connectivity index (χ1n) is 5.19. The summed E-state index contributed by atoms with van der Waals surface area (Å²) < 4.78 is 0. The molecule has 3 unspecified atom stereocenters. The average Bonchev–Trinajstić information content (AvgIpc) is 2.09. The van der Waals surface area contributed by atoms with Gasteiger partial charge in [-0.05, 0) is 32.9 Å². The molecule has 1 fully saturated rings. The van der Waals surface area contributed by atoms with E-state index >= 15 is 0 Å². The first kappa shape index (κ1) is 11.0. The number of piperidine rings is 1. The lowest BCUT2D eigenvalue weighted by Crippen LogP contribution is -2.50. The van der Waals surface area contributed by atoms with E-state index < -0.39 is 0 Å². The molecule has 1 aliphatic heterocycles. The second-order valence-corrected chi connectivity index (χ2v) is 4.38. The van der Waals surface area contributed by atoms with Crippen molar-refractivity contribution >= 4 is 0 Å². The van der Waals surface area contributed by atoms with Crippen molar-refractivity contribution in [3.8, 4) is 0 Å². The van der Waals surface area contributed by atoms with Crippen LogP contribution in [0, 0.1) is 5.92 Å². The molecule has 0 aliphatic carbocycles. The lowest BCUT2D eigenvalue weighted by molar-refractivity contribution is 0.152. The Morgan fingerprint density at radius 1 is 1.62 bits per heavy atom. The minimum absolute atomic E-state index is 0.232. The smallest absolute Gasteiger partial charge is 0.0582 e. The van der Waals surface area contributed by atoms with Gasteiger partial charge < -0.3 is 15.3 Å². The first-order chi connectivity index (χ1) is 6.13. The van der Waals surface area contributed by atoms with Gasteiger partial charge in [0.15, 0.2) is 0 Å². The highest BCUT2D eigenvalue weighted by molar-refractivity contribution is 4.83. The Hall–Kier alpha value is -0.120. The molecular weight excluding hydrogens is 164 g/mol. The van der Waals surface area contributed by atoms with Gasteiger partial charge in [0.2, 0.25) is 0 Å². The second-order valence-electron chi connectivity index (χ2n) is 4.38. The van der Waals surface area contributed by atoms with Gasteiger partial charge in [0, 0.05) is 18.6 Å². The maximum Gasteiger partial charge on any atom is 0.0582 e. The Balaban J connectivity index is 2.33. The predicted molar refractivity (Wildman–Crippen MR) is 54.7 cm³/mol. The van der Waals surface area contributed by atoms with Crippen LogP contribution >= 0.6 is 0 Å². The van der Waals surface area contributed by atoms with Gasteiger partial charge in [-0.3, -0.25) is 0 Å². The third-order valence-corrected chi connectivity index (χ3v) is 2.88. The third-order valence-electron chi connectivity index (χ3n) is 2.88. The molecule has 13 heavy (non-hydrogen) atoms. The van der Waals surface area contributed by atoms with Crippen LogP contribution in [0.15, 0.2) is 0 Å². The van der Waals surface area contributed by atoms with Crippen molar-refractivity contribution in [3.05, 3.63) is 0 Å². The molecule has 1 aliphatic rings. The number of hydrogen-bond donors (Lipinski definition) is 2. The van der Waals surface area contributed by atoms with Gasteiger partial charge in [0.1, 0.15) is 0 Å². The fourth-order valence-corrected chi connectivity index (χ4v) is 2.02. The number of hydrogen-bond acceptors (Lipinski definition) is 3. The quantitative estimate of drug-likeness (QED) is 0.665. The summed E-state index contributed by atoms with van der Waals surface area (Å²) in [6, 6.07) is 0.814. The zero-order valence-electron chi connectivity index (χ0n) is 8.95. The van der Waals surface area contributed by atoms with E-state index in [0.29, 0.717) is 12.0 Å². The van der Waals surface area contributed by atoms with Gasteiger partial charge in [0.05, 0.1) is 6.61 Å². The number of aliphatic hydroxyl groups is 1. The highest BCUT2D eigenvalue weighted by atomic mass is 16.3. The molecule has 78 valence electrons. The Labute approximate surface area is 81.1 Å². The number of rotatable bonds is 3. The first-order valence-corrected chi connectivity index (χ1v) is 5.19. The molecule has 3 atom stereocenters. The molecule has 1 rings (SSSR count). The fourth-order valence-electron chi connectivity index (χ4n) is 2.02. The molecule has 0 aromatic rings. The van der Waals surface area contributed by atoms with E-state index in [1.807, 2.05) is 6.92 Å². The van der Waals surface area contributed by atoms with Gasteiger partial charge in [0.25, 0.3) is 0 Å². The largest absolute Gasteiger partial charge is 0.395 e. The molecule has 1 saturated heterocycles. The second kappa shape index (κ2) is 4.94. The van der Waals surface area contributed by atoms with Crippen LogP contribution in [0.5, 0.6) is 0 Å². The maximum atomic E-state index is 8.93. The summed E-state index contributed by atoms with van der Waals surface area (Å²) in [5.41, 5.74) is 0. The highest BCUT2D eigenvalue weighted by Crippen LogP contribution is 2.15. The molecular formula is C10H22N2O. The van der Waals surface area contributed by atoms with Gasteiger partial charge in [-0.25, -0.2) is 0 Å². The van der Waals surface area contributed by atoms with Gasteiger partial charge in [-0.2, -0.15) is 0 Å². The highest BCUT2D eigenvalue weighted by Gasteiger charge is 2.24. The van der Waals surface area contributed by atoms with Crippen LogP contribution in [-0.2, 0) is 0 Å². The zero-order valence-corrected chi connectivity index (χ0v) is 8.95. The average molecular weight is 186 g/mol. The van der Waals surface area contributed by atoms with Gasteiger partial charge >= 0.3 is 0 Å². The van der Waals surface area contributed by atoms with Crippen molar-refractivity contribution in [1.29, 1.82) is 0 Å². The van der Waals surface area contributed by atoms with Crippen molar-refractivity contribution in [2.24, 2.45) is 5.92 Å². The number of likely N-dealkylation sites (tertiary alicyclic amines) is 1. The minimum atomic E-state index is 0.232. The summed E-state index contributed by atoms with van der Waals surface area (Å²) in [5.74, 6) is 0.688. The maximum absolute atomic E-state index is 8.93. The van der Waals surface area contributed by atoms with Crippen LogP contribution in [0.2, 0.25) is 0 Å². The summed E-state index contributed by atoms with van der Waals surface area (Å²) in [4.78, 5) is 2.37. The number of nitrogens with one attached hydrogen (secondary N) is 1. The molecule has 3 nitrogen and oxygen atoms in total. The van der Waals surface area contributed by atoms with Crippen LogP contribution in [0.3, 0.4) is 0 Å². The van der Waals surface area contributed by atoms with Crippen molar-refractivity contribution in [2.75, 3.05) is 26.7 Å². The monoisotopic (exact) mass is 186 g/mol. The Bertz CT molecular complexity index is 152. The molecule has 0 bridgehead atoms. The van der Waals surface area contributed by atoms with E-state index in [-0.39, 0.29) is 12.6 Å². The molecule has 0 aromatic heterocycles. The summed E-state index contributed by atoms with van der Waals surface area (Å²) >= 11 is 0. The molecule has 1 heterocycles. The summed E-state index contributed by atoms with van der Waals surface area (Å²) in [7, 11) is 2.17. The van der Waals surface area contributed by atoms with E-state index in [2.05, 4.69) is 24.2 Å². The van der Waals surface area contributed by atoms with E-state index in [1.165, 1.54) is 13.0 Å². The Morgan fingerprint density at radius 2 is 2.31 bits per heavy atom. The zero-order chi connectivity index (χ0) is 9.84. The lowest BCUT2D eigenvalue weighted by atomic mass is 9.93. The Kier molecular flexibility index (Phi) is 4.16. The summed E-state index contributed by atoms with van der Waals surface area (Å²) in [6.45, 7) is 6.87. The van der Waals surface area contributed by atoms with Crippen LogP contribution in [0.4, 0.5) is 0 Å². The minimum Gasteiger partial charge on any atom is -0.395 e. The van der Waals surface area contributed by atoms with Crippen molar-refractivity contribution < 1.29 is 5.11 Å². The molecule has 0 saturated carbocycles. The Morgan fingerprint density at radius 3 is 2.85 bits per heavy atom. The third kappa shape index (κ3) is 3.25. The molecule has 0 aromatic carbocycles. The van der Waals surface area contributed by atoms with Crippen LogP contribution in [-0.4, -0.2) is 48.8 Å². The molecule has 3 heteroatoms. The predicted octanol–water partition coefficient (Wildman–Crippen LogP) is 0.297. The number of aliphatic hydroxyl groups excluding tert-OH is 1. The molecule has 0 radical (unpaired) electrons. The number of nitrogens with zero attached hydrogens (tertiary/aromatic N) is 1. The molecule has 2 N–H and O–H groups in total. The fraction of sp³-hybridized carbons (Fsp3) is 1.00. The standard InChI is InChI=1S/C10H22N2O/c1-8-6-12(3)5-4-10(8)11-9(2)7-13/h8-11,13H,4-7H2,1-3H3. The normalized spacial score (nSPS) is 33.2. The van der Waals surface area contributed by atoms with Crippen molar-refractivity contribution in [2.45, 2.75) is 32.4 Å². The van der Waals surface area contributed by atoms with Gasteiger partial charge in [-0.1, -0.05) is 6.92 Å². The van der Waals surface area contributed by atoms with E-state index in [1.54, 1.807) is 0 Å². The van der Waals surface area contributed by atoms with E-state index in [4.69, 9.17) is 5.11 Å². The lowest BCUT2D eigenvalue weighted by Gasteiger charge is -2.36. The van der Waals surface area contributed by atoms with Crippen molar-refractivity contribution in [1.82, 2.24) is 10.2 Å². The molecule has 0 spiro atoms. The van der Waals surface area contributed by atoms with Crippen molar-refractivity contribution in [3.63, 3.8) is 0 Å². The summed E-state index contributed by atoms with van der Waals surface area (Å²) in [6.07, 6.45) is 1.20.